The number of nitrogens with one attached hydrogen (secondary N) is 1. The number of hydrogen-bond acceptors (Lipinski definition) is 5. The van der Waals surface area contributed by atoms with Crippen LogP contribution in [0.4, 0.5) is 5.95 Å². The van der Waals surface area contributed by atoms with Crippen LogP contribution in [0.15, 0.2) is 0 Å². The van der Waals surface area contributed by atoms with E-state index in [4.69, 9.17) is 0 Å². The van der Waals surface area contributed by atoms with E-state index in [0.717, 1.165) is 0 Å². The Bertz CT molecular complexity index is 244. The Kier molecular flexibility index (Phi) is 1.48. The first kappa shape index (κ1) is 6.46. The lowest BCUT2D eigenvalue weighted by Crippen LogP contribution is -1.89. The molecule has 0 bridgehead atoms. The summed E-state index contributed by atoms with van der Waals surface area (Å²) >= 11 is 0. The topological polar surface area (TPSA) is 93.9 Å². The van der Waals surface area contributed by atoms with E-state index in [9.17, 15) is 10.1 Å². The number of nitrogens with zero attached hydrogens (tertiary/aromatic N) is 3. The molecule has 1 N–H and O–H groups in total. The Morgan fingerprint density at radius 1 is 1.80 bits per heavy atom. The standard InChI is InChI=1S/C3H4N4O3/c1-10-3-4-2(5-6-3)7(8)9/h1H3,(H,4,5,6). The van der Waals surface area contributed by atoms with E-state index in [1.165, 1.54) is 7.11 Å². The van der Waals surface area contributed by atoms with Crippen molar-refractivity contribution in [1.29, 1.82) is 0 Å². The van der Waals surface area contributed by atoms with Gasteiger partial charge >= 0.3 is 12.0 Å². The van der Waals surface area contributed by atoms with Gasteiger partial charge in [0.15, 0.2) is 0 Å². The zero-order chi connectivity index (χ0) is 7.56. The SMILES string of the molecule is COc1n[nH]c([N+](=O)[O-])n1. The van der Waals surface area contributed by atoms with E-state index >= 15 is 0 Å². The minimum absolute atomic E-state index is 0.0355. The lowest BCUT2D eigenvalue weighted by molar-refractivity contribution is -0.394. The molecule has 0 spiro atoms. The number of rotatable bonds is 2. The molecule has 7 nitrogen and oxygen atoms in total. The molecule has 0 saturated heterocycles. The summed E-state index contributed by atoms with van der Waals surface area (Å²) in [5.74, 6) is -0.420. The first-order chi connectivity index (χ1) is 4.74. The molecule has 0 saturated carbocycles. The van der Waals surface area contributed by atoms with Gasteiger partial charge in [-0.05, 0) is 15.0 Å². The molecule has 0 aliphatic rings. The maximum Gasteiger partial charge on any atom is 0.456 e. The number of aromatic amines is 1. The Morgan fingerprint density at radius 3 is 2.80 bits per heavy atom. The van der Waals surface area contributed by atoms with E-state index in [1.807, 2.05) is 0 Å². The van der Waals surface area contributed by atoms with Crippen LogP contribution in [0.3, 0.4) is 0 Å². The lowest BCUT2D eigenvalue weighted by Gasteiger charge is -1.83. The predicted octanol–water partition coefficient (Wildman–Crippen LogP) is -0.279. The molecule has 0 aliphatic heterocycles. The highest BCUT2D eigenvalue weighted by atomic mass is 16.6. The normalized spacial score (nSPS) is 9.30. The van der Waals surface area contributed by atoms with Crippen LogP contribution in [-0.2, 0) is 0 Å². The van der Waals surface area contributed by atoms with Gasteiger partial charge in [0, 0.05) is 0 Å². The molecule has 0 unspecified atom stereocenters. The molecule has 0 amide bonds. The number of aromatic nitrogens is 3. The van der Waals surface area contributed by atoms with E-state index in [-0.39, 0.29) is 6.01 Å². The van der Waals surface area contributed by atoms with Crippen LogP contribution in [0.2, 0.25) is 0 Å². The largest absolute Gasteiger partial charge is 0.456 e. The maximum absolute atomic E-state index is 9.95. The molecule has 7 heteroatoms. The van der Waals surface area contributed by atoms with Crippen LogP contribution in [0, 0.1) is 10.1 Å². The number of hydrogen-bond donors (Lipinski definition) is 1. The van der Waals surface area contributed by atoms with E-state index < -0.39 is 10.9 Å². The zero-order valence-electron chi connectivity index (χ0n) is 5.07. The Morgan fingerprint density at radius 2 is 2.50 bits per heavy atom. The number of H-pyrrole nitrogens is 1. The highest BCUT2D eigenvalue weighted by Crippen LogP contribution is 2.05. The molecular weight excluding hydrogens is 140 g/mol. The molecule has 0 fully saturated rings. The van der Waals surface area contributed by atoms with Crippen molar-refractivity contribution in [2.45, 2.75) is 0 Å². The second kappa shape index (κ2) is 2.29. The third-order valence-electron chi connectivity index (χ3n) is 0.809. The molecular formula is C3H4N4O3. The first-order valence-corrected chi connectivity index (χ1v) is 2.35. The van der Waals surface area contributed by atoms with Gasteiger partial charge in [-0.2, -0.15) is 0 Å². The minimum atomic E-state index is -0.685. The molecule has 1 aromatic rings. The summed E-state index contributed by atoms with van der Waals surface area (Å²) in [6, 6.07) is -0.0355. The molecule has 0 aliphatic carbocycles. The fraction of sp³-hybridized carbons (Fsp3) is 0.333. The number of nitro groups is 1. The Balaban J connectivity index is 2.88. The van der Waals surface area contributed by atoms with Crippen molar-refractivity contribution in [3.8, 4) is 6.01 Å². The van der Waals surface area contributed by atoms with E-state index in [1.54, 1.807) is 0 Å². The van der Waals surface area contributed by atoms with Gasteiger partial charge in [-0.3, -0.25) is 0 Å². The Hall–Kier alpha value is -1.66. The average molecular weight is 144 g/mol. The fourth-order valence-corrected chi connectivity index (χ4v) is 0.411. The molecule has 1 heterocycles. The zero-order valence-corrected chi connectivity index (χ0v) is 5.07. The van der Waals surface area contributed by atoms with Crippen molar-refractivity contribution < 1.29 is 9.66 Å². The van der Waals surface area contributed by atoms with Crippen LogP contribution in [-0.4, -0.2) is 27.2 Å². The van der Waals surface area contributed by atoms with Crippen molar-refractivity contribution in [2.24, 2.45) is 0 Å². The number of methoxy groups -OCH3 is 1. The van der Waals surface area contributed by atoms with Gasteiger partial charge in [0.05, 0.1) is 7.11 Å². The second-order valence-corrected chi connectivity index (χ2v) is 1.40. The van der Waals surface area contributed by atoms with Crippen LogP contribution in [0.5, 0.6) is 6.01 Å². The van der Waals surface area contributed by atoms with Crippen molar-refractivity contribution in [1.82, 2.24) is 15.2 Å². The van der Waals surface area contributed by atoms with E-state index in [0.29, 0.717) is 0 Å². The number of ether oxygens (including phenoxy) is 1. The van der Waals surface area contributed by atoms with Gasteiger partial charge in [0.1, 0.15) is 0 Å². The third-order valence-corrected chi connectivity index (χ3v) is 0.809. The predicted molar refractivity (Wildman–Crippen MR) is 29.6 cm³/mol. The van der Waals surface area contributed by atoms with Gasteiger partial charge in [-0.1, -0.05) is 0 Å². The fourth-order valence-electron chi connectivity index (χ4n) is 0.411. The monoisotopic (exact) mass is 144 g/mol. The van der Waals surface area contributed by atoms with Crippen LogP contribution < -0.4 is 4.74 Å². The third kappa shape index (κ3) is 1.02. The minimum Gasteiger partial charge on any atom is -0.452 e. The van der Waals surface area contributed by atoms with E-state index in [2.05, 4.69) is 19.9 Å². The quantitative estimate of drug-likeness (QED) is 0.455. The van der Waals surface area contributed by atoms with Crippen molar-refractivity contribution in [2.75, 3.05) is 7.11 Å². The summed E-state index contributed by atoms with van der Waals surface area (Å²) in [7, 11) is 1.33. The summed E-state index contributed by atoms with van der Waals surface area (Å²) in [6.07, 6.45) is 0. The summed E-state index contributed by atoms with van der Waals surface area (Å²) < 4.78 is 4.49. The Labute approximate surface area is 55.2 Å². The molecule has 54 valence electrons. The van der Waals surface area contributed by atoms with Gasteiger partial charge < -0.3 is 14.9 Å². The molecule has 0 radical (unpaired) electrons. The maximum atomic E-state index is 9.95. The second-order valence-electron chi connectivity index (χ2n) is 1.40. The van der Waals surface area contributed by atoms with Crippen molar-refractivity contribution >= 4 is 5.95 Å². The van der Waals surface area contributed by atoms with Crippen LogP contribution in [0.1, 0.15) is 0 Å². The first-order valence-electron chi connectivity index (χ1n) is 2.35. The van der Waals surface area contributed by atoms with Gasteiger partial charge in [-0.25, -0.2) is 0 Å². The smallest absolute Gasteiger partial charge is 0.452 e. The van der Waals surface area contributed by atoms with Crippen molar-refractivity contribution in [3.05, 3.63) is 10.1 Å². The molecule has 1 aromatic heterocycles. The summed E-state index contributed by atoms with van der Waals surface area (Å²) in [6.45, 7) is 0. The molecule has 0 atom stereocenters. The van der Waals surface area contributed by atoms with Gasteiger partial charge in [0.2, 0.25) is 0 Å². The van der Waals surface area contributed by atoms with Crippen LogP contribution >= 0.6 is 0 Å². The average Bonchev–Trinajstić information content (AvgIpc) is 2.34. The van der Waals surface area contributed by atoms with Gasteiger partial charge in [-0.15, -0.1) is 5.10 Å². The summed E-state index contributed by atoms with van der Waals surface area (Å²) in [4.78, 5) is 12.6. The van der Waals surface area contributed by atoms with Crippen LogP contribution in [0.25, 0.3) is 0 Å². The van der Waals surface area contributed by atoms with Gasteiger partial charge in [0.25, 0.3) is 0 Å². The molecule has 10 heavy (non-hydrogen) atoms. The molecule has 1 rings (SSSR count). The highest BCUT2D eigenvalue weighted by Gasteiger charge is 2.12. The lowest BCUT2D eigenvalue weighted by atomic mass is 11.1. The highest BCUT2D eigenvalue weighted by molar-refractivity contribution is 5.05. The summed E-state index contributed by atoms with van der Waals surface area (Å²) in [5, 5.41) is 15.4. The molecule has 0 aromatic carbocycles. The summed E-state index contributed by atoms with van der Waals surface area (Å²) in [5.41, 5.74) is 0. The van der Waals surface area contributed by atoms with Crippen molar-refractivity contribution in [3.63, 3.8) is 0 Å².